The van der Waals surface area contributed by atoms with Gasteiger partial charge in [-0.05, 0) is 12.8 Å². The van der Waals surface area contributed by atoms with Crippen molar-refractivity contribution < 1.29 is 9.84 Å². The summed E-state index contributed by atoms with van der Waals surface area (Å²) in [6.07, 6.45) is 8.07. The van der Waals surface area contributed by atoms with Crippen LogP contribution in [0.2, 0.25) is 0 Å². The summed E-state index contributed by atoms with van der Waals surface area (Å²) in [4.78, 5) is 0. The number of unbranched alkanes of at least 4 members (excludes halogenated alkanes) is 3. The summed E-state index contributed by atoms with van der Waals surface area (Å²) in [5, 5.41) is 9.08. The van der Waals surface area contributed by atoms with Crippen molar-refractivity contribution in [3.63, 3.8) is 0 Å². The summed E-state index contributed by atoms with van der Waals surface area (Å²) in [5.41, 5.74) is 0. The van der Waals surface area contributed by atoms with Crippen LogP contribution < -0.4 is 0 Å². The molecule has 2 atom stereocenters. The number of rotatable bonds is 5. The van der Waals surface area contributed by atoms with Crippen LogP contribution >= 0.6 is 0 Å². The van der Waals surface area contributed by atoms with Gasteiger partial charge in [0.2, 0.25) is 0 Å². The SMILES string of the molecule is CCCCCCC1CC[C@@H](O)O1. The lowest BCUT2D eigenvalue weighted by Crippen LogP contribution is -2.09. The van der Waals surface area contributed by atoms with Crippen LogP contribution in [0.1, 0.15) is 51.9 Å². The van der Waals surface area contributed by atoms with Crippen molar-refractivity contribution in [1.82, 2.24) is 0 Å². The Kier molecular flexibility index (Phi) is 4.62. The van der Waals surface area contributed by atoms with Gasteiger partial charge in [0.05, 0.1) is 6.10 Å². The highest BCUT2D eigenvalue weighted by molar-refractivity contribution is 4.66. The lowest BCUT2D eigenvalue weighted by molar-refractivity contribution is -0.0920. The lowest BCUT2D eigenvalue weighted by atomic mass is 10.1. The maximum absolute atomic E-state index is 9.08. The molecule has 0 saturated carbocycles. The van der Waals surface area contributed by atoms with Gasteiger partial charge < -0.3 is 9.84 Å². The van der Waals surface area contributed by atoms with Crippen molar-refractivity contribution in [3.8, 4) is 0 Å². The van der Waals surface area contributed by atoms with Gasteiger partial charge >= 0.3 is 0 Å². The molecule has 1 fully saturated rings. The molecule has 0 radical (unpaired) electrons. The summed E-state index contributed by atoms with van der Waals surface area (Å²) < 4.78 is 5.30. The zero-order valence-electron chi connectivity index (χ0n) is 7.96. The molecule has 0 amide bonds. The second kappa shape index (κ2) is 5.55. The Labute approximate surface area is 74.9 Å². The third-order valence-electron chi connectivity index (χ3n) is 2.46. The molecule has 1 unspecified atom stereocenters. The fourth-order valence-corrected chi connectivity index (χ4v) is 1.70. The predicted octanol–water partition coefficient (Wildman–Crippen LogP) is 2.45. The molecule has 2 nitrogen and oxygen atoms in total. The zero-order valence-corrected chi connectivity index (χ0v) is 7.96. The standard InChI is InChI=1S/C10H20O2/c1-2-3-4-5-6-9-7-8-10(11)12-9/h9-11H,2-8H2,1H3/t9?,10-/m0/s1. The Morgan fingerprint density at radius 1 is 1.25 bits per heavy atom. The second-order valence-electron chi connectivity index (χ2n) is 3.64. The summed E-state index contributed by atoms with van der Waals surface area (Å²) in [6, 6.07) is 0. The van der Waals surface area contributed by atoms with Gasteiger partial charge in [0.25, 0.3) is 0 Å². The first-order chi connectivity index (χ1) is 5.83. The molecule has 0 aliphatic carbocycles. The van der Waals surface area contributed by atoms with E-state index in [4.69, 9.17) is 9.84 Å². The minimum absolute atomic E-state index is 0.344. The van der Waals surface area contributed by atoms with E-state index >= 15 is 0 Å². The molecule has 1 aliphatic rings. The summed E-state index contributed by atoms with van der Waals surface area (Å²) in [7, 11) is 0. The highest BCUT2D eigenvalue weighted by Crippen LogP contribution is 2.22. The predicted molar refractivity (Wildman–Crippen MR) is 48.9 cm³/mol. The van der Waals surface area contributed by atoms with Gasteiger partial charge in [-0.2, -0.15) is 0 Å². The summed E-state index contributed by atoms with van der Waals surface area (Å²) >= 11 is 0. The van der Waals surface area contributed by atoms with Crippen LogP contribution in [-0.4, -0.2) is 17.5 Å². The molecule has 1 N–H and O–H groups in total. The summed E-state index contributed by atoms with van der Waals surface area (Å²) in [6.45, 7) is 2.22. The monoisotopic (exact) mass is 172 g/mol. The minimum Gasteiger partial charge on any atom is -0.368 e. The van der Waals surface area contributed by atoms with E-state index < -0.39 is 6.29 Å². The molecule has 12 heavy (non-hydrogen) atoms. The first kappa shape index (κ1) is 10.0. The van der Waals surface area contributed by atoms with Gasteiger partial charge in [-0.1, -0.05) is 32.6 Å². The van der Waals surface area contributed by atoms with E-state index in [9.17, 15) is 0 Å². The lowest BCUT2D eigenvalue weighted by Gasteiger charge is -2.09. The molecule has 0 aromatic carbocycles. The number of hydrogen-bond donors (Lipinski definition) is 1. The Balaban J connectivity index is 1.93. The van der Waals surface area contributed by atoms with Crippen molar-refractivity contribution in [3.05, 3.63) is 0 Å². The zero-order chi connectivity index (χ0) is 8.81. The van der Waals surface area contributed by atoms with Crippen molar-refractivity contribution in [2.45, 2.75) is 64.3 Å². The fraction of sp³-hybridized carbons (Fsp3) is 1.00. The van der Waals surface area contributed by atoms with Crippen LogP contribution in [0.15, 0.2) is 0 Å². The van der Waals surface area contributed by atoms with E-state index in [1.54, 1.807) is 0 Å². The highest BCUT2D eigenvalue weighted by atomic mass is 16.6. The molecule has 1 rings (SSSR count). The van der Waals surface area contributed by atoms with Crippen LogP contribution in [0.25, 0.3) is 0 Å². The van der Waals surface area contributed by atoms with Crippen molar-refractivity contribution in [2.24, 2.45) is 0 Å². The molecule has 2 heteroatoms. The first-order valence-corrected chi connectivity index (χ1v) is 5.16. The maximum Gasteiger partial charge on any atom is 0.154 e. The molecule has 1 heterocycles. The fourth-order valence-electron chi connectivity index (χ4n) is 1.70. The molecule has 0 aromatic rings. The third-order valence-corrected chi connectivity index (χ3v) is 2.46. The smallest absolute Gasteiger partial charge is 0.154 e. The van der Waals surface area contributed by atoms with Crippen LogP contribution in [0.5, 0.6) is 0 Å². The van der Waals surface area contributed by atoms with Crippen molar-refractivity contribution in [2.75, 3.05) is 0 Å². The number of ether oxygens (including phenoxy) is 1. The number of hydrogen-bond acceptors (Lipinski definition) is 2. The van der Waals surface area contributed by atoms with E-state index in [-0.39, 0.29) is 0 Å². The van der Waals surface area contributed by atoms with Crippen molar-refractivity contribution in [1.29, 1.82) is 0 Å². The molecular weight excluding hydrogens is 152 g/mol. The normalized spacial score (nSPS) is 29.5. The second-order valence-corrected chi connectivity index (χ2v) is 3.64. The molecule has 1 saturated heterocycles. The van der Waals surface area contributed by atoms with E-state index in [2.05, 4.69) is 6.92 Å². The number of aliphatic hydroxyl groups is 1. The first-order valence-electron chi connectivity index (χ1n) is 5.16. The van der Waals surface area contributed by atoms with Gasteiger partial charge in [-0.3, -0.25) is 0 Å². The topological polar surface area (TPSA) is 29.5 Å². The van der Waals surface area contributed by atoms with Gasteiger partial charge in [-0.15, -0.1) is 0 Å². The van der Waals surface area contributed by atoms with Gasteiger partial charge in [0.15, 0.2) is 6.29 Å². The molecule has 0 aromatic heterocycles. The Bertz CT molecular complexity index is 114. The third kappa shape index (κ3) is 3.55. The van der Waals surface area contributed by atoms with E-state index in [1.165, 1.54) is 25.7 Å². The van der Waals surface area contributed by atoms with Gasteiger partial charge in [0.1, 0.15) is 0 Å². The Hall–Kier alpha value is -0.0800. The highest BCUT2D eigenvalue weighted by Gasteiger charge is 2.22. The average molecular weight is 172 g/mol. The molecule has 72 valence electrons. The molecule has 0 bridgehead atoms. The molecule has 1 aliphatic heterocycles. The van der Waals surface area contributed by atoms with Gasteiger partial charge in [-0.25, -0.2) is 0 Å². The quantitative estimate of drug-likeness (QED) is 0.645. The van der Waals surface area contributed by atoms with Crippen LogP contribution in [0, 0.1) is 0 Å². The minimum atomic E-state index is -0.471. The molecule has 0 spiro atoms. The van der Waals surface area contributed by atoms with Crippen LogP contribution in [0.4, 0.5) is 0 Å². The Morgan fingerprint density at radius 2 is 2.08 bits per heavy atom. The molecular formula is C10H20O2. The number of aliphatic hydroxyl groups excluding tert-OH is 1. The van der Waals surface area contributed by atoms with Gasteiger partial charge in [0, 0.05) is 6.42 Å². The Morgan fingerprint density at radius 3 is 2.67 bits per heavy atom. The van der Waals surface area contributed by atoms with Crippen molar-refractivity contribution >= 4 is 0 Å². The van der Waals surface area contributed by atoms with E-state index in [1.807, 2.05) is 0 Å². The summed E-state index contributed by atoms with van der Waals surface area (Å²) in [5.74, 6) is 0. The maximum atomic E-state index is 9.08. The largest absolute Gasteiger partial charge is 0.368 e. The van der Waals surface area contributed by atoms with Crippen LogP contribution in [0.3, 0.4) is 0 Å². The van der Waals surface area contributed by atoms with E-state index in [0.29, 0.717) is 6.10 Å². The van der Waals surface area contributed by atoms with Crippen LogP contribution in [-0.2, 0) is 4.74 Å². The average Bonchev–Trinajstić information content (AvgIpc) is 2.45. The van der Waals surface area contributed by atoms with E-state index in [0.717, 1.165) is 19.3 Å².